The number of carboxylic acid groups (broad SMARTS) is 1. The lowest BCUT2D eigenvalue weighted by atomic mass is 9.80. The van der Waals surface area contributed by atoms with Gasteiger partial charge >= 0.3 is 5.97 Å². The molecule has 0 bridgehead atoms. The lowest BCUT2D eigenvalue weighted by Gasteiger charge is -2.33. The predicted molar refractivity (Wildman–Crippen MR) is 87.2 cm³/mol. The molecule has 1 aromatic rings. The van der Waals surface area contributed by atoms with Gasteiger partial charge in [-0.3, -0.25) is 4.79 Å². The molecule has 1 aromatic carbocycles. The quantitative estimate of drug-likeness (QED) is 0.786. The average Bonchev–Trinajstić information content (AvgIpc) is 2.39. The lowest BCUT2D eigenvalue weighted by Crippen LogP contribution is -2.32. The van der Waals surface area contributed by atoms with Gasteiger partial charge in [0, 0.05) is 14.6 Å². The molecule has 20 heavy (non-hydrogen) atoms. The smallest absolute Gasteiger partial charge is 0.307 e. The summed E-state index contributed by atoms with van der Waals surface area (Å²) < 4.78 is 1.05. The van der Waals surface area contributed by atoms with Gasteiger partial charge in [0.25, 0.3) is 0 Å². The minimum Gasteiger partial charge on any atom is -0.481 e. The summed E-state index contributed by atoms with van der Waals surface area (Å²) in [5.41, 5.74) is 0. The fraction of sp³-hybridized carbons (Fsp3) is 0.562. The SMILES string of the molecule is CCCC1CCC(C(=O)O)C(Sc2cccc(Br)c2)C1. The van der Waals surface area contributed by atoms with Crippen LogP contribution in [0.3, 0.4) is 0 Å². The summed E-state index contributed by atoms with van der Waals surface area (Å²) >= 11 is 5.21. The molecule has 0 amide bonds. The van der Waals surface area contributed by atoms with Crippen LogP contribution in [0, 0.1) is 11.8 Å². The molecule has 3 atom stereocenters. The summed E-state index contributed by atoms with van der Waals surface area (Å²) in [6, 6.07) is 8.15. The van der Waals surface area contributed by atoms with Crippen LogP contribution in [0.15, 0.2) is 33.6 Å². The zero-order valence-corrected chi connectivity index (χ0v) is 14.1. The lowest BCUT2D eigenvalue weighted by molar-refractivity contribution is -0.142. The van der Waals surface area contributed by atoms with Crippen LogP contribution in [0.1, 0.15) is 39.0 Å². The highest BCUT2D eigenvalue weighted by molar-refractivity contribution is 9.10. The van der Waals surface area contributed by atoms with Crippen molar-refractivity contribution in [2.75, 3.05) is 0 Å². The number of aliphatic carboxylic acids is 1. The normalized spacial score (nSPS) is 26.4. The molecule has 0 heterocycles. The van der Waals surface area contributed by atoms with Gasteiger partial charge in [0.1, 0.15) is 0 Å². The molecule has 0 aliphatic heterocycles. The summed E-state index contributed by atoms with van der Waals surface area (Å²) in [4.78, 5) is 12.6. The Balaban J connectivity index is 2.08. The Bertz CT molecular complexity index is 464. The molecule has 1 N–H and O–H groups in total. The van der Waals surface area contributed by atoms with Crippen LogP contribution < -0.4 is 0 Å². The molecule has 2 nitrogen and oxygen atoms in total. The minimum absolute atomic E-state index is 0.201. The topological polar surface area (TPSA) is 37.3 Å². The van der Waals surface area contributed by atoms with Crippen LogP contribution in [0.2, 0.25) is 0 Å². The van der Waals surface area contributed by atoms with E-state index < -0.39 is 5.97 Å². The van der Waals surface area contributed by atoms with E-state index in [0.717, 1.165) is 28.6 Å². The Morgan fingerprint density at radius 1 is 1.45 bits per heavy atom. The maximum absolute atomic E-state index is 11.5. The Morgan fingerprint density at radius 3 is 2.90 bits per heavy atom. The number of rotatable bonds is 5. The Hall–Kier alpha value is -0.480. The van der Waals surface area contributed by atoms with Gasteiger partial charge in [0.15, 0.2) is 0 Å². The van der Waals surface area contributed by atoms with Crippen molar-refractivity contribution in [1.29, 1.82) is 0 Å². The highest BCUT2D eigenvalue weighted by atomic mass is 79.9. The molecule has 2 rings (SSSR count). The number of carboxylic acids is 1. The van der Waals surface area contributed by atoms with Gasteiger partial charge in [-0.05, 0) is 43.4 Å². The summed E-state index contributed by atoms with van der Waals surface area (Å²) in [7, 11) is 0. The van der Waals surface area contributed by atoms with E-state index in [4.69, 9.17) is 0 Å². The maximum atomic E-state index is 11.5. The van der Waals surface area contributed by atoms with Gasteiger partial charge in [0.05, 0.1) is 5.92 Å². The van der Waals surface area contributed by atoms with Crippen molar-refractivity contribution in [1.82, 2.24) is 0 Å². The highest BCUT2D eigenvalue weighted by Gasteiger charge is 2.35. The number of halogens is 1. The van der Waals surface area contributed by atoms with Crippen LogP contribution in [-0.2, 0) is 4.79 Å². The second-order valence-electron chi connectivity index (χ2n) is 5.53. The summed E-state index contributed by atoms with van der Waals surface area (Å²) in [6.45, 7) is 2.21. The molecule has 110 valence electrons. The van der Waals surface area contributed by atoms with Crippen molar-refractivity contribution < 1.29 is 9.90 Å². The maximum Gasteiger partial charge on any atom is 0.307 e. The first-order chi connectivity index (χ1) is 9.60. The third kappa shape index (κ3) is 4.26. The van der Waals surface area contributed by atoms with Gasteiger partial charge in [0.2, 0.25) is 0 Å². The van der Waals surface area contributed by atoms with Gasteiger partial charge in [-0.2, -0.15) is 0 Å². The molecular weight excluding hydrogens is 336 g/mol. The van der Waals surface area contributed by atoms with E-state index in [0.29, 0.717) is 5.92 Å². The molecule has 0 aromatic heterocycles. The second-order valence-corrected chi connectivity index (χ2v) is 7.75. The zero-order chi connectivity index (χ0) is 14.5. The van der Waals surface area contributed by atoms with E-state index in [2.05, 4.69) is 35.0 Å². The van der Waals surface area contributed by atoms with Crippen molar-refractivity contribution in [3.05, 3.63) is 28.7 Å². The van der Waals surface area contributed by atoms with Gasteiger partial charge in [-0.15, -0.1) is 11.8 Å². The molecule has 3 unspecified atom stereocenters. The van der Waals surface area contributed by atoms with E-state index >= 15 is 0 Å². The summed E-state index contributed by atoms with van der Waals surface area (Å²) in [6.07, 6.45) is 5.34. The zero-order valence-electron chi connectivity index (χ0n) is 11.7. The summed E-state index contributed by atoms with van der Waals surface area (Å²) in [5.74, 6) is -0.139. The molecule has 4 heteroatoms. The van der Waals surface area contributed by atoms with Crippen molar-refractivity contribution in [2.24, 2.45) is 11.8 Å². The first kappa shape index (κ1) is 15.9. The van der Waals surface area contributed by atoms with E-state index in [1.165, 1.54) is 12.8 Å². The molecule has 0 spiro atoms. The fourth-order valence-electron chi connectivity index (χ4n) is 3.01. The average molecular weight is 357 g/mol. The van der Waals surface area contributed by atoms with Crippen molar-refractivity contribution in [3.8, 4) is 0 Å². The number of carbonyl (C=O) groups is 1. The monoisotopic (exact) mass is 356 g/mol. The first-order valence-electron chi connectivity index (χ1n) is 7.25. The third-order valence-electron chi connectivity index (χ3n) is 4.00. The molecule has 1 fully saturated rings. The van der Waals surface area contributed by atoms with E-state index in [9.17, 15) is 9.90 Å². The van der Waals surface area contributed by atoms with Crippen molar-refractivity contribution >= 4 is 33.7 Å². The Kier molecular flexibility index (Phi) is 5.97. The molecule has 1 aliphatic rings. The molecule has 0 saturated heterocycles. The fourth-order valence-corrected chi connectivity index (χ4v) is 5.05. The van der Waals surface area contributed by atoms with Crippen LogP contribution in [0.25, 0.3) is 0 Å². The molecule has 0 radical (unpaired) electrons. The third-order valence-corrected chi connectivity index (χ3v) is 5.84. The first-order valence-corrected chi connectivity index (χ1v) is 8.92. The molecule has 1 aliphatic carbocycles. The summed E-state index contributed by atoms with van der Waals surface area (Å²) in [5, 5.41) is 9.64. The number of hydrogen-bond donors (Lipinski definition) is 1. The van der Waals surface area contributed by atoms with E-state index in [1.807, 2.05) is 12.1 Å². The van der Waals surface area contributed by atoms with Crippen LogP contribution in [0.5, 0.6) is 0 Å². The second kappa shape index (κ2) is 7.51. The standard InChI is InChI=1S/C16H21BrO2S/c1-2-4-11-7-8-14(16(18)19)15(9-11)20-13-6-3-5-12(17)10-13/h3,5-6,10-11,14-15H,2,4,7-9H2,1H3,(H,18,19). The van der Waals surface area contributed by atoms with E-state index in [-0.39, 0.29) is 11.2 Å². The number of benzene rings is 1. The molecule has 1 saturated carbocycles. The highest BCUT2D eigenvalue weighted by Crippen LogP contribution is 2.41. The van der Waals surface area contributed by atoms with Gasteiger partial charge < -0.3 is 5.11 Å². The molecular formula is C16H21BrO2S. The minimum atomic E-state index is -0.632. The van der Waals surface area contributed by atoms with Crippen molar-refractivity contribution in [3.63, 3.8) is 0 Å². The Morgan fingerprint density at radius 2 is 2.25 bits per heavy atom. The number of thioether (sulfide) groups is 1. The van der Waals surface area contributed by atoms with Crippen LogP contribution >= 0.6 is 27.7 Å². The predicted octanol–water partition coefficient (Wildman–Crippen LogP) is 5.21. The van der Waals surface area contributed by atoms with Crippen molar-refractivity contribution in [2.45, 2.75) is 49.2 Å². The van der Waals surface area contributed by atoms with E-state index in [1.54, 1.807) is 11.8 Å². The largest absolute Gasteiger partial charge is 0.481 e. The van der Waals surface area contributed by atoms with Crippen LogP contribution in [0.4, 0.5) is 0 Å². The van der Waals surface area contributed by atoms with Crippen LogP contribution in [-0.4, -0.2) is 16.3 Å². The Labute approximate surface area is 133 Å². The van der Waals surface area contributed by atoms with Gasteiger partial charge in [-0.25, -0.2) is 0 Å². The number of hydrogen-bond acceptors (Lipinski definition) is 2. The van der Waals surface area contributed by atoms with Gasteiger partial charge in [-0.1, -0.05) is 41.8 Å².